The summed E-state index contributed by atoms with van der Waals surface area (Å²) in [7, 11) is -5.53. The molecule has 0 saturated carbocycles. The lowest BCUT2D eigenvalue weighted by atomic mass is 9.96. The third-order valence-corrected chi connectivity index (χ3v) is 9.86. The number of aliphatic hydroxyl groups is 5. The number of ether oxygens (including phenoxy) is 2. The number of rotatable bonds is 10. The predicted octanol–water partition coefficient (Wildman–Crippen LogP) is -2.10. The first-order chi connectivity index (χ1) is 19.0. The maximum atomic E-state index is 15.6. The van der Waals surface area contributed by atoms with E-state index in [2.05, 4.69) is 35.6 Å². The van der Waals surface area contributed by atoms with E-state index in [1.54, 1.807) is 0 Å². The molecule has 232 valence electrons. The Kier molecular flexibility index (Phi) is 9.48. The van der Waals surface area contributed by atoms with E-state index in [9.17, 15) is 39.2 Å². The molecule has 18 nitrogen and oxygen atoms in total. The van der Waals surface area contributed by atoms with E-state index in [0.717, 1.165) is 24.1 Å². The van der Waals surface area contributed by atoms with Gasteiger partial charge in [0, 0.05) is 0 Å². The number of hydrogen-bond acceptors (Lipinski definition) is 16. The lowest BCUT2D eigenvalue weighted by Crippen LogP contribution is -2.60. The van der Waals surface area contributed by atoms with Gasteiger partial charge in [-0.25, -0.2) is 32.6 Å². The standard InChI is InChI=1S/C18H27F2N5O13P2S/c1-18(20)13(30)7(35-17(18)25-5-24-8-14(21)22-4-23-15(8)25)3-34-40(33,41)38-39(31,32)37-16-11(29)9(27)10(28)12(36-16)6(19)2-26/h4-7,9-13,16-17,26-30H,2-3H2,1H3,(H,31,32)(H,33,41)(H2,21,22,23)/t6-,7+,9?,10?,11?,12?,13+,16?,17+,18+,40?/m0/s1. The summed E-state index contributed by atoms with van der Waals surface area (Å²) in [4.78, 5) is 32.1. The van der Waals surface area contributed by atoms with Gasteiger partial charge in [-0.05, 0) is 18.7 Å². The quantitative estimate of drug-likeness (QED) is 0.128. The number of aromatic nitrogens is 4. The summed E-state index contributed by atoms with van der Waals surface area (Å²) in [5.74, 6) is 0.00627. The third kappa shape index (κ3) is 6.59. The topological polar surface area (TPSA) is 274 Å². The van der Waals surface area contributed by atoms with Crippen molar-refractivity contribution in [3.8, 4) is 0 Å². The van der Waals surface area contributed by atoms with E-state index in [0.29, 0.717) is 0 Å². The van der Waals surface area contributed by atoms with Gasteiger partial charge in [0.25, 0.3) is 0 Å². The van der Waals surface area contributed by atoms with Crippen molar-refractivity contribution in [3.63, 3.8) is 0 Å². The van der Waals surface area contributed by atoms with E-state index in [-0.39, 0.29) is 17.0 Å². The monoisotopic (exact) mass is 653 g/mol. The zero-order chi connectivity index (χ0) is 30.5. The van der Waals surface area contributed by atoms with Crippen LogP contribution >= 0.6 is 14.5 Å². The number of hydrogen-bond donors (Lipinski definition) is 8. The largest absolute Gasteiger partial charge is 0.481 e. The van der Waals surface area contributed by atoms with Gasteiger partial charge in [-0.1, -0.05) is 0 Å². The minimum absolute atomic E-state index is 0.00627. The lowest BCUT2D eigenvalue weighted by molar-refractivity contribution is -0.287. The SMILES string of the molecule is C[C@@]1(F)[C@H](O)[C@@H](COP(O)(=S)OP(=O)(O)OC2OC([C@@H](F)CO)C(O)C(O)C2O)O[C@H]1n1cnc2c(N)ncnc21. The molecule has 2 aromatic heterocycles. The Bertz CT molecular complexity index is 1350. The number of alkyl halides is 2. The Morgan fingerprint density at radius 1 is 1.20 bits per heavy atom. The van der Waals surface area contributed by atoms with Gasteiger partial charge < -0.3 is 55.1 Å². The minimum atomic E-state index is -5.53. The number of nitrogen functional groups attached to an aromatic ring is 1. The summed E-state index contributed by atoms with van der Waals surface area (Å²) in [6, 6.07) is 0. The number of phosphoric acid groups is 1. The Morgan fingerprint density at radius 3 is 2.54 bits per heavy atom. The Labute approximate surface area is 234 Å². The number of imidazole rings is 1. The van der Waals surface area contributed by atoms with Crippen molar-refractivity contribution in [1.29, 1.82) is 0 Å². The highest BCUT2D eigenvalue weighted by molar-refractivity contribution is 8.08. The number of phosphoric ester groups is 1. The smallest absolute Gasteiger partial charge is 0.393 e. The first kappa shape index (κ1) is 32.5. The molecule has 0 spiro atoms. The molecule has 2 aliphatic heterocycles. The molecule has 2 fully saturated rings. The summed E-state index contributed by atoms with van der Waals surface area (Å²) >= 11 is 4.68. The first-order valence-electron chi connectivity index (χ1n) is 11.6. The molecule has 2 saturated heterocycles. The lowest BCUT2D eigenvalue weighted by Gasteiger charge is -2.41. The van der Waals surface area contributed by atoms with Crippen LogP contribution in [0.25, 0.3) is 11.2 Å². The van der Waals surface area contributed by atoms with E-state index >= 15 is 4.39 Å². The second-order valence-electron chi connectivity index (χ2n) is 9.27. The zero-order valence-electron chi connectivity index (χ0n) is 20.8. The fourth-order valence-electron chi connectivity index (χ4n) is 4.23. The Balaban J connectivity index is 1.41. The summed E-state index contributed by atoms with van der Waals surface area (Å²) in [5.41, 5.74) is 3.46. The van der Waals surface area contributed by atoms with Crippen LogP contribution in [0.3, 0.4) is 0 Å². The number of halogens is 2. The van der Waals surface area contributed by atoms with Crippen molar-refractivity contribution in [1.82, 2.24) is 19.5 Å². The van der Waals surface area contributed by atoms with E-state index in [4.69, 9.17) is 24.8 Å². The molecule has 2 aliphatic rings. The van der Waals surface area contributed by atoms with Gasteiger partial charge in [0.05, 0.1) is 19.5 Å². The molecule has 23 heteroatoms. The molecule has 7 unspecified atom stereocenters. The number of anilines is 1. The molecule has 0 bridgehead atoms. The normalized spacial score (nSPS) is 38.0. The highest BCUT2D eigenvalue weighted by atomic mass is 32.5. The van der Waals surface area contributed by atoms with Crippen LogP contribution in [0.15, 0.2) is 12.7 Å². The van der Waals surface area contributed by atoms with Gasteiger partial charge in [0.2, 0.25) is 0 Å². The van der Waals surface area contributed by atoms with Crippen molar-refractivity contribution in [2.24, 2.45) is 0 Å². The highest BCUT2D eigenvalue weighted by Gasteiger charge is 2.56. The van der Waals surface area contributed by atoms with Crippen LogP contribution in [0.5, 0.6) is 0 Å². The number of nitrogens with zero attached hydrogens (tertiary/aromatic N) is 4. The summed E-state index contributed by atoms with van der Waals surface area (Å²) < 4.78 is 67.5. The summed E-state index contributed by atoms with van der Waals surface area (Å²) in [6.45, 7) is -5.79. The molecule has 0 radical (unpaired) electrons. The molecule has 9 N–H and O–H groups in total. The molecular weight excluding hydrogens is 626 g/mol. The molecule has 4 heterocycles. The number of fused-ring (bicyclic) bond motifs is 1. The van der Waals surface area contributed by atoms with Gasteiger partial charge >= 0.3 is 14.5 Å². The van der Waals surface area contributed by atoms with Crippen LogP contribution in [0, 0.1) is 0 Å². The molecule has 0 amide bonds. The van der Waals surface area contributed by atoms with E-state index in [1.165, 1.54) is 0 Å². The Morgan fingerprint density at radius 2 is 1.88 bits per heavy atom. The van der Waals surface area contributed by atoms with Crippen molar-refractivity contribution in [3.05, 3.63) is 12.7 Å². The second kappa shape index (κ2) is 11.9. The molecule has 4 rings (SSSR count). The minimum Gasteiger partial charge on any atom is -0.393 e. The van der Waals surface area contributed by atoms with Crippen LogP contribution in [0.2, 0.25) is 0 Å². The average Bonchev–Trinajstić information content (AvgIpc) is 3.41. The number of aliphatic hydroxyl groups excluding tert-OH is 5. The highest BCUT2D eigenvalue weighted by Crippen LogP contribution is 2.62. The molecule has 12 atom stereocenters. The fourth-order valence-corrected chi connectivity index (χ4v) is 7.33. The second-order valence-corrected chi connectivity index (χ2v) is 13.6. The molecule has 0 aromatic carbocycles. The van der Waals surface area contributed by atoms with E-state index < -0.39 is 88.7 Å². The van der Waals surface area contributed by atoms with Gasteiger partial charge in [0.1, 0.15) is 48.5 Å². The third-order valence-electron chi connectivity index (χ3n) is 6.34. The van der Waals surface area contributed by atoms with E-state index in [1.807, 2.05) is 0 Å². The zero-order valence-corrected chi connectivity index (χ0v) is 23.4. The molecule has 41 heavy (non-hydrogen) atoms. The van der Waals surface area contributed by atoms with Crippen LogP contribution in [-0.2, 0) is 39.2 Å². The maximum absolute atomic E-state index is 15.6. The average molecular weight is 653 g/mol. The van der Waals surface area contributed by atoms with Gasteiger partial charge in [-0.2, -0.15) is 0 Å². The number of nitrogens with two attached hydrogens (primary N) is 1. The van der Waals surface area contributed by atoms with Crippen molar-refractivity contribution in [2.75, 3.05) is 18.9 Å². The van der Waals surface area contributed by atoms with Crippen LogP contribution in [-0.4, -0.2) is 123 Å². The summed E-state index contributed by atoms with van der Waals surface area (Å²) in [5, 5.41) is 49.2. The van der Waals surface area contributed by atoms with Crippen molar-refractivity contribution < 1.29 is 71.5 Å². The van der Waals surface area contributed by atoms with Crippen LogP contribution < -0.4 is 5.73 Å². The summed E-state index contributed by atoms with van der Waals surface area (Å²) in [6.07, 6.45) is -15.7. The van der Waals surface area contributed by atoms with Crippen molar-refractivity contribution in [2.45, 2.75) is 67.9 Å². The first-order valence-corrected chi connectivity index (χ1v) is 15.7. The van der Waals surface area contributed by atoms with Gasteiger partial charge in [0.15, 0.2) is 35.8 Å². The van der Waals surface area contributed by atoms with Crippen LogP contribution in [0.4, 0.5) is 14.6 Å². The fraction of sp³-hybridized carbons (Fsp3) is 0.722. The maximum Gasteiger partial charge on any atom is 0.481 e. The van der Waals surface area contributed by atoms with Gasteiger partial charge in [-0.3, -0.25) is 9.09 Å². The Hall–Kier alpha value is -1.39. The van der Waals surface area contributed by atoms with Crippen LogP contribution in [0.1, 0.15) is 13.2 Å². The molecule has 2 aromatic rings. The van der Waals surface area contributed by atoms with Gasteiger partial charge in [-0.15, -0.1) is 0 Å². The predicted molar refractivity (Wildman–Crippen MR) is 132 cm³/mol. The van der Waals surface area contributed by atoms with Crippen molar-refractivity contribution >= 4 is 43.3 Å². The molecule has 0 aliphatic carbocycles. The molecular formula is C18H27F2N5O13P2S.